The van der Waals surface area contributed by atoms with E-state index in [0.717, 1.165) is 18.5 Å². The van der Waals surface area contributed by atoms with Gasteiger partial charge in [-0.25, -0.2) is 4.79 Å². The van der Waals surface area contributed by atoms with Crippen molar-refractivity contribution in [2.45, 2.75) is 19.3 Å². The summed E-state index contributed by atoms with van der Waals surface area (Å²) in [4.78, 5) is 14.7. The second kappa shape index (κ2) is 6.56. The number of hydrogen-bond donors (Lipinski definition) is 1. The first-order valence-corrected chi connectivity index (χ1v) is 5.19. The maximum absolute atomic E-state index is 10.5. The Morgan fingerprint density at radius 1 is 1.38 bits per heavy atom. The Morgan fingerprint density at radius 2 is 2.06 bits per heavy atom. The minimum atomic E-state index is -0.917. The highest BCUT2D eigenvalue weighted by Crippen LogP contribution is 2.10. The van der Waals surface area contributed by atoms with Gasteiger partial charge in [-0.3, -0.25) is 4.99 Å². The van der Waals surface area contributed by atoms with Crippen LogP contribution in [-0.2, 0) is 4.79 Å². The largest absolute Gasteiger partial charge is 0.478 e. The Bertz CT molecular complexity index is 382. The summed E-state index contributed by atoms with van der Waals surface area (Å²) < 4.78 is 0. The van der Waals surface area contributed by atoms with Crippen LogP contribution < -0.4 is 0 Å². The average Bonchev–Trinajstić information content (AvgIpc) is 2.29. The molecule has 0 bridgehead atoms. The van der Waals surface area contributed by atoms with Gasteiger partial charge in [0, 0.05) is 11.8 Å². The molecule has 3 heteroatoms. The van der Waals surface area contributed by atoms with E-state index in [9.17, 15) is 4.79 Å². The standard InChI is InChI=1S/C13H15NO2/c1-11(13(15)16)7-5-6-10-14-12-8-3-2-4-9-12/h2-4,8-10H,1,5-7H2,(H,15,16). The first-order valence-electron chi connectivity index (χ1n) is 5.19. The number of unbranched alkanes of at least 4 members (excludes halogenated alkanes) is 1. The summed E-state index contributed by atoms with van der Waals surface area (Å²) in [5.41, 5.74) is 1.17. The zero-order valence-corrected chi connectivity index (χ0v) is 9.10. The second-order valence-electron chi connectivity index (χ2n) is 3.45. The van der Waals surface area contributed by atoms with Crippen LogP contribution in [0, 0.1) is 0 Å². The molecule has 0 saturated heterocycles. The quantitative estimate of drug-likeness (QED) is 0.452. The van der Waals surface area contributed by atoms with Crippen molar-refractivity contribution in [3.63, 3.8) is 0 Å². The van der Waals surface area contributed by atoms with Gasteiger partial charge >= 0.3 is 5.97 Å². The molecule has 1 aromatic carbocycles. The highest BCUT2D eigenvalue weighted by Gasteiger charge is 2.01. The molecule has 0 amide bonds. The van der Waals surface area contributed by atoms with Gasteiger partial charge in [0.25, 0.3) is 0 Å². The number of hydrogen-bond acceptors (Lipinski definition) is 2. The molecule has 0 aliphatic heterocycles. The minimum absolute atomic E-state index is 0.258. The molecular weight excluding hydrogens is 202 g/mol. The molecule has 1 aromatic rings. The Hall–Kier alpha value is -1.90. The van der Waals surface area contributed by atoms with E-state index in [-0.39, 0.29) is 5.57 Å². The number of rotatable bonds is 6. The van der Waals surface area contributed by atoms with Crippen LogP contribution in [0.15, 0.2) is 47.5 Å². The third-order valence-corrected chi connectivity index (χ3v) is 2.11. The fourth-order valence-corrected chi connectivity index (χ4v) is 1.20. The molecular formula is C13H15NO2. The van der Waals surface area contributed by atoms with E-state index in [0.29, 0.717) is 6.42 Å². The monoisotopic (exact) mass is 217 g/mol. The van der Waals surface area contributed by atoms with Crippen LogP contribution in [0.1, 0.15) is 19.3 Å². The van der Waals surface area contributed by atoms with Gasteiger partial charge in [0.15, 0.2) is 0 Å². The molecule has 0 unspecified atom stereocenters. The lowest BCUT2D eigenvalue weighted by Gasteiger charge is -1.97. The van der Waals surface area contributed by atoms with Crippen molar-refractivity contribution < 1.29 is 9.90 Å². The molecule has 0 spiro atoms. The van der Waals surface area contributed by atoms with Crippen molar-refractivity contribution in [2.75, 3.05) is 0 Å². The van der Waals surface area contributed by atoms with Crippen LogP contribution in [-0.4, -0.2) is 17.3 Å². The summed E-state index contributed by atoms with van der Waals surface area (Å²) in [5.74, 6) is -0.917. The van der Waals surface area contributed by atoms with Gasteiger partial charge in [-0.2, -0.15) is 0 Å². The van der Waals surface area contributed by atoms with Gasteiger partial charge in [0.1, 0.15) is 0 Å². The summed E-state index contributed by atoms with van der Waals surface area (Å²) in [6.07, 6.45) is 3.85. The highest BCUT2D eigenvalue weighted by molar-refractivity contribution is 5.85. The van der Waals surface area contributed by atoms with Crippen molar-refractivity contribution in [2.24, 2.45) is 4.99 Å². The van der Waals surface area contributed by atoms with Crippen molar-refractivity contribution in [3.8, 4) is 0 Å². The number of aliphatic carboxylic acids is 1. The topological polar surface area (TPSA) is 49.7 Å². The number of carboxylic acid groups (broad SMARTS) is 1. The van der Waals surface area contributed by atoms with Crippen molar-refractivity contribution >= 4 is 17.9 Å². The molecule has 0 aliphatic rings. The molecule has 1 N–H and O–H groups in total. The van der Waals surface area contributed by atoms with Crippen LogP contribution >= 0.6 is 0 Å². The van der Waals surface area contributed by atoms with E-state index < -0.39 is 5.97 Å². The molecule has 0 radical (unpaired) electrons. The third kappa shape index (κ3) is 4.55. The van der Waals surface area contributed by atoms with E-state index in [1.54, 1.807) is 0 Å². The fourth-order valence-electron chi connectivity index (χ4n) is 1.20. The van der Waals surface area contributed by atoms with Crippen molar-refractivity contribution in [1.29, 1.82) is 0 Å². The van der Waals surface area contributed by atoms with Gasteiger partial charge in [0.2, 0.25) is 0 Å². The molecule has 1 rings (SSSR count). The Kier molecular flexibility index (Phi) is 4.99. The van der Waals surface area contributed by atoms with Crippen LogP contribution in [0.25, 0.3) is 0 Å². The fraction of sp³-hybridized carbons (Fsp3) is 0.231. The molecule has 0 aliphatic carbocycles. The zero-order valence-electron chi connectivity index (χ0n) is 9.10. The predicted molar refractivity (Wildman–Crippen MR) is 65.2 cm³/mol. The normalized spacial score (nSPS) is 10.5. The summed E-state index contributed by atoms with van der Waals surface area (Å²) in [5, 5.41) is 8.58. The number of benzene rings is 1. The first kappa shape index (κ1) is 12.2. The summed E-state index contributed by atoms with van der Waals surface area (Å²) >= 11 is 0. The van der Waals surface area contributed by atoms with Gasteiger partial charge < -0.3 is 5.11 Å². The Morgan fingerprint density at radius 3 is 2.69 bits per heavy atom. The molecule has 0 heterocycles. The zero-order chi connectivity index (χ0) is 11.8. The van der Waals surface area contributed by atoms with E-state index >= 15 is 0 Å². The van der Waals surface area contributed by atoms with Crippen LogP contribution in [0.5, 0.6) is 0 Å². The summed E-state index contributed by atoms with van der Waals surface area (Å²) in [6.45, 7) is 3.47. The van der Waals surface area contributed by atoms with E-state index in [1.807, 2.05) is 36.5 Å². The van der Waals surface area contributed by atoms with Crippen molar-refractivity contribution in [1.82, 2.24) is 0 Å². The summed E-state index contributed by atoms with van der Waals surface area (Å²) in [7, 11) is 0. The summed E-state index contributed by atoms with van der Waals surface area (Å²) in [6, 6.07) is 9.65. The number of aliphatic imine (C=N–C) groups is 1. The average molecular weight is 217 g/mol. The first-order chi connectivity index (χ1) is 7.70. The molecule has 0 fully saturated rings. The van der Waals surface area contributed by atoms with Crippen LogP contribution in [0.2, 0.25) is 0 Å². The van der Waals surface area contributed by atoms with E-state index in [4.69, 9.17) is 5.11 Å². The molecule has 0 saturated carbocycles. The third-order valence-electron chi connectivity index (χ3n) is 2.11. The van der Waals surface area contributed by atoms with Crippen molar-refractivity contribution in [3.05, 3.63) is 42.5 Å². The SMILES string of the molecule is C=C(CCCC=Nc1ccccc1)C(=O)O. The van der Waals surface area contributed by atoms with Gasteiger partial charge in [0.05, 0.1) is 5.69 Å². The maximum atomic E-state index is 10.5. The van der Waals surface area contributed by atoms with Gasteiger partial charge in [-0.1, -0.05) is 24.8 Å². The lowest BCUT2D eigenvalue weighted by Crippen LogP contribution is -1.98. The molecule has 84 valence electrons. The molecule has 0 atom stereocenters. The molecule has 3 nitrogen and oxygen atoms in total. The predicted octanol–water partition coefficient (Wildman–Crippen LogP) is 3.20. The number of para-hydroxylation sites is 1. The lowest BCUT2D eigenvalue weighted by molar-refractivity contribution is -0.132. The Balaban J connectivity index is 2.24. The highest BCUT2D eigenvalue weighted by atomic mass is 16.4. The molecule has 0 aromatic heterocycles. The number of carboxylic acids is 1. The van der Waals surface area contributed by atoms with Gasteiger partial charge in [-0.15, -0.1) is 0 Å². The van der Waals surface area contributed by atoms with Crippen LogP contribution in [0.4, 0.5) is 5.69 Å². The smallest absolute Gasteiger partial charge is 0.330 e. The van der Waals surface area contributed by atoms with Gasteiger partial charge in [-0.05, 0) is 31.4 Å². The number of carbonyl (C=O) groups is 1. The molecule has 16 heavy (non-hydrogen) atoms. The minimum Gasteiger partial charge on any atom is -0.478 e. The van der Waals surface area contributed by atoms with E-state index in [2.05, 4.69) is 11.6 Å². The lowest BCUT2D eigenvalue weighted by atomic mass is 10.1. The second-order valence-corrected chi connectivity index (χ2v) is 3.45. The number of nitrogens with zero attached hydrogens (tertiary/aromatic N) is 1. The van der Waals surface area contributed by atoms with E-state index in [1.165, 1.54) is 0 Å². The Labute approximate surface area is 95.1 Å². The van der Waals surface area contributed by atoms with Crippen LogP contribution in [0.3, 0.4) is 0 Å². The maximum Gasteiger partial charge on any atom is 0.330 e.